The van der Waals surface area contributed by atoms with Crippen molar-refractivity contribution >= 4 is 23.2 Å². The first kappa shape index (κ1) is 15.4. The van der Waals surface area contributed by atoms with E-state index >= 15 is 0 Å². The van der Waals surface area contributed by atoms with E-state index in [0.717, 1.165) is 30.9 Å². The summed E-state index contributed by atoms with van der Waals surface area (Å²) >= 11 is 1.67. The molecule has 0 aliphatic carbocycles. The van der Waals surface area contributed by atoms with E-state index in [1.54, 1.807) is 35.2 Å². The Hall–Kier alpha value is -1.47. The van der Waals surface area contributed by atoms with E-state index in [0.29, 0.717) is 12.5 Å². The predicted molar refractivity (Wildman–Crippen MR) is 84.4 cm³/mol. The maximum atomic E-state index is 12.2. The van der Waals surface area contributed by atoms with Crippen molar-refractivity contribution < 1.29 is 9.59 Å². The summed E-state index contributed by atoms with van der Waals surface area (Å²) in [5.74, 6) is 0.111. The minimum absolute atomic E-state index is 0.00706. The zero-order valence-corrected chi connectivity index (χ0v) is 13.9. The fourth-order valence-corrected chi connectivity index (χ4v) is 4.07. The van der Waals surface area contributed by atoms with Crippen LogP contribution in [-0.2, 0) is 16.1 Å². The highest BCUT2D eigenvalue weighted by atomic mass is 32.1. The van der Waals surface area contributed by atoms with Gasteiger partial charge in [-0.15, -0.1) is 11.3 Å². The number of fused-ring (bicyclic) bond motifs is 1. The first-order valence-corrected chi connectivity index (χ1v) is 8.56. The minimum Gasteiger partial charge on any atom is -0.347 e. The van der Waals surface area contributed by atoms with Gasteiger partial charge in [-0.3, -0.25) is 14.5 Å². The Labute approximate surface area is 134 Å². The molecule has 2 atom stereocenters. The lowest BCUT2D eigenvalue weighted by molar-refractivity contribution is -0.144. The number of nitrogens with zero attached hydrogens (tertiary/aromatic N) is 4. The Morgan fingerprint density at radius 1 is 1.41 bits per heavy atom. The number of hydrogen-bond donors (Lipinski definition) is 0. The molecule has 0 bridgehead atoms. The number of likely N-dealkylation sites (tertiary alicyclic amines) is 2. The summed E-state index contributed by atoms with van der Waals surface area (Å²) in [5.41, 5.74) is 0. The van der Waals surface area contributed by atoms with Crippen molar-refractivity contribution in [3.63, 3.8) is 0 Å². The summed E-state index contributed by atoms with van der Waals surface area (Å²) in [7, 11) is 3.47. The molecular weight excluding hydrogens is 300 g/mol. The van der Waals surface area contributed by atoms with E-state index in [1.807, 2.05) is 11.6 Å². The van der Waals surface area contributed by atoms with Crippen LogP contribution in [0.2, 0.25) is 0 Å². The molecular formula is C15H22N4O2S. The van der Waals surface area contributed by atoms with Crippen molar-refractivity contribution in [2.45, 2.75) is 37.9 Å². The molecule has 1 aromatic heterocycles. The van der Waals surface area contributed by atoms with Gasteiger partial charge in [-0.25, -0.2) is 4.98 Å². The van der Waals surface area contributed by atoms with Gasteiger partial charge in [0.25, 0.3) is 0 Å². The number of aromatic nitrogens is 1. The monoisotopic (exact) mass is 322 g/mol. The van der Waals surface area contributed by atoms with Gasteiger partial charge in [-0.05, 0) is 12.8 Å². The summed E-state index contributed by atoms with van der Waals surface area (Å²) < 4.78 is 0. The van der Waals surface area contributed by atoms with Crippen LogP contribution in [0.25, 0.3) is 0 Å². The second-order valence-electron chi connectivity index (χ2n) is 6.17. The maximum Gasteiger partial charge on any atom is 0.241 e. The molecule has 0 spiro atoms. The zero-order chi connectivity index (χ0) is 15.7. The van der Waals surface area contributed by atoms with Crippen LogP contribution < -0.4 is 0 Å². The molecule has 6 nitrogen and oxygen atoms in total. The van der Waals surface area contributed by atoms with Crippen LogP contribution >= 0.6 is 11.3 Å². The van der Waals surface area contributed by atoms with Crippen LogP contribution in [0.15, 0.2) is 11.6 Å². The highest BCUT2D eigenvalue weighted by Gasteiger charge is 2.43. The molecule has 2 aliphatic rings. The second-order valence-corrected chi connectivity index (χ2v) is 7.15. The highest BCUT2D eigenvalue weighted by Crippen LogP contribution is 2.32. The lowest BCUT2D eigenvalue weighted by Gasteiger charge is -2.39. The van der Waals surface area contributed by atoms with Crippen molar-refractivity contribution in [1.29, 1.82) is 0 Å². The average molecular weight is 322 g/mol. The smallest absolute Gasteiger partial charge is 0.241 e. The normalized spacial score (nSPS) is 25.4. The van der Waals surface area contributed by atoms with Gasteiger partial charge >= 0.3 is 0 Å². The molecule has 2 saturated heterocycles. The molecule has 0 aromatic carbocycles. The summed E-state index contributed by atoms with van der Waals surface area (Å²) in [6.45, 7) is 2.02. The van der Waals surface area contributed by atoms with Crippen molar-refractivity contribution in [2.24, 2.45) is 0 Å². The van der Waals surface area contributed by atoms with Gasteiger partial charge in [0, 0.05) is 50.7 Å². The number of amides is 2. The SMILES string of the molecule is CN(C)C(=O)CN1C(=O)CC[C@@H]2[C@H]1CCN2Cc1nccs1. The second kappa shape index (κ2) is 6.34. The van der Waals surface area contributed by atoms with E-state index in [9.17, 15) is 9.59 Å². The largest absolute Gasteiger partial charge is 0.347 e. The lowest BCUT2D eigenvalue weighted by Crippen LogP contribution is -2.54. The first-order chi connectivity index (χ1) is 10.6. The van der Waals surface area contributed by atoms with Gasteiger partial charge in [0.15, 0.2) is 0 Å². The molecule has 2 aliphatic heterocycles. The third-order valence-electron chi connectivity index (χ3n) is 4.63. The Bertz CT molecular complexity index is 546. The van der Waals surface area contributed by atoms with Crippen molar-refractivity contribution in [1.82, 2.24) is 19.7 Å². The number of likely N-dealkylation sites (N-methyl/N-ethyl adjacent to an activating group) is 1. The maximum absolute atomic E-state index is 12.2. The zero-order valence-electron chi connectivity index (χ0n) is 13.1. The van der Waals surface area contributed by atoms with Crippen LogP contribution in [-0.4, -0.2) is 70.8 Å². The number of carbonyl (C=O) groups is 2. The summed E-state index contributed by atoms with van der Waals surface area (Å²) in [5, 5.41) is 3.11. The minimum atomic E-state index is -0.00706. The van der Waals surface area contributed by atoms with Crippen LogP contribution in [0.5, 0.6) is 0 Å². The summed E-state index contributed by atoms with van der Waals surface area (Å²) in [6.07, 6.45) is 4.21. The lowest BCUT2D eigenvalue weighted by atomic mass is 9.96. The standard InChI is InChI=1S/C15H22N4O2S/c1-17(2)15(21)10-19-12-5-7-18(9-13-16-6-8-22-13)11(12)3-4-14(19)20/h6,8,11-12H,3-5,7,9-10H2,1-2H3/t11-,12-/m1/s1. The van der Waals surface area contributed by atoms with Gasteiger partial charge < -0.3 is 9.80 Å². The number of carbonyl (C=O) groups excluding carboxylic acids is 2. The van der Waals surface area contributed by atoms with Crippen molar-refractivity contribution in [3.8, 4) is 0 Å². The number of hydrogen-bond acceptors (Lipinski definition) is 5. The van der Waals surface area contributed by atoms with Crippen molar-refractivity contribution in [2.75, 3.05) is 27.2 Å². The van der Waals surface area contributed by atoms with Crippen LogP contribution in [0.1, 0.15) is 24.3 Å². The summed E-state index contributed by atoms with van der Waals surface area (Å²) in [6, 6.07) is 0.529. The Morgan fingerprint density at radius 2 is 2.23 bits per heavy atom. The number of thiazole rings is 1. The molecule has 0 N–H and O–H groups in total. The van der Waals surface area contributed by atoms with Gasteiger partial charge in [0.1, 0.15) is 11.6 Å². The Kier molecular flexibility index (Phi) is 4.44. The molecule has 7 heteroatoms. The van der Waals surface area contributed by atoms with Crippen LogP contribution in [0.3, 0.4) is 0 Å². The third-order valence-corrected chi connectivity index (χ3v) is 5.39. The van der Waals surface area contributed by atoms with E-state index in [4.69, 9.17) is 0 Å². The molecule has 0 radical (unpaired) electrons. The topological polar surface area (TPSA) is 56.8 Å². The molecule has 1 aromatic rings. The van der Waals surface area contributed by atoms with Crippen LogP contribution in [0, 0.1) is 0 Å². The molecule has 22 heavy (non-hydrogen) atoms. The molecule has 2 amide bonds. The van der Waals surface area contributed by atoms with Gasteiger partial charge in [0.05, 0.1) is 6.54 Å². The fourth-order valence-electron chi connectivity index (χ4n) is 3.43. The summed E-state index contributed by atoms with van der Waals surface area (Å²) in [4.78, 5) is 34.4. The molecule has 120 valence electrons. The molecule has 0 saturated carbocycles. The van der Waals surface area contributed by atoms with Gasteiger partial charge in [0.2, 0.25) is 11.8 Å². The fraction of sp³-hybridized carbons (Fsp3) is 0.667. The molecule has 3 heterocycles. The average Bonchev–Trinajstić information content (AvgIpc) is 3.12. The van der Waals surface area contributed by atoms with Gasteiger partial charge in [-0.2, -0.15) is 0 Å². The quantitative estimate of drug-likeness (QED) is 0.823. The molecule has 0 unspecified atom stereocenters. The predicted octanol–water partition coefficient (Wildman–Crippen LogP) is 0.797. The van der Waals surface area contributed by atoms with Gasteiger partial charge in [-0.1, -0.05) is 0 Å². The highest BCUT2D eigenvalue weighted by molar-refractivity contribution is 7.09. The number of piperidine rings is 1. The van der Waals surface area contributed by atoms with E-state index in [2.05, 4.69) is 9.88 Å². The molecule has 2 fully saturated rings. The van der Waals surface area contributed by atoms with Crippen LogP contribution in [0.4, 0.5) is 0 Å². The van der Waals surface area contributed by atoms with E-state index < -0.39 is 0 Å². The molecule has 3 rings (SSSR count). The van der Waals surface area contributed by atoms with E-state index in [-0.39, 0.29) is 24.4 Å². The Morgan fingerprint density at radius 3 is 2.91 bits per heavy atom. The number of rotatable bonds is 4. The van der Waals surface area contributed by atoms with E-state index in [1.165, 1.54) is 0 Å². The Balaban J connectivity index is 1.69. The van der Waals surface area contributed by atoms with Crippen molar-refractivity contribution in [3.05, 3.63) is 16.6 Å². The third kappa shape index (κ3) is 3.01. The first-order valence-electron chi connectivity index (χ1n) is 7.68.